The normalized spacial score (nSPS) is 12.1. The van der Waals surface area contributed by atoms with Gasteiger partial charge in [-0.2, -0.15) is 0 Å². The van der Waals surface area contributed by atoms with Crippen LogP contribution >= 0.6 is 11.6 Å². The first-order valence-electron chi connectivity index (χ1n) is 11.1. The highest BCUT2D eigenvalue weighted by Gasteiger charge is 2.32. The summed E-state index contributed by atoms with van der Waals surface area (Å²) in [7, 11) is -3.87. The van der Waals surface area contributed by atoms with E-state index in [1.165, 1.54) is 17.0 Å². The van der Waals surface area contributed by atoms with Gasteiger partial charge in [0, 0.05) is 18.1 Å². The summed E-state index contributed by atoms with van der Waals surface area (Å²) in [5, 5.41) is 3.28. The van der Waals surface area contributed by atoms with E-state index in [0.29, 0.717) is 23.6 Å². The molecule has 0 spiro atoms. The highest BCUT2D eigenvalue weighted by molar-refractivity contribution is 7.92. The van der Waals surface area contributed by atoms with Crippen molar-refractivity contribution in [3.05, 3.63) is 64.9 Å². The molecule has 2 aromatic carbocycles. The summed E-state index contributed by atoms with van der Waals surface area (Å²) in [6, 6.07) is 11.0. The van der Waals surface area contributed by atoms with Gasteiger partial charge >= 0.3 is 0 Å². The quantitative estimate of drug-likeness (QED) is 0.437. The van der Waals surface area contributed by atoms with Crippen LogP contribution in [-0.4, -0.2) is 50.5 Å². The maximum atomic E-state index is 13.5. The van der Waals surface area contributed by atoms with Gasteiger partial charge in [-0.1, -0.05) is 50.1 Å². The number of carbonyl (C=O) groups excluding carboxylic acids is 2. The molecular formula is C24H31ClFN3O4S. The van der Waals surface area contributed by atoms with Crippen molar-refractivity contribution >= 4 is 39.1 Å². The van der Waals surface area contributed by atoms with Gasteiger partial charge in [0.1, 0.15) is 18.4 Å². The molecule has 0 fully saturated rings. The Morgan fingerprint density at radius 1 is 1.09 bits per heavy atom. The number of hydrogen-bond acceptors (Lipinski definition) is 4. The van der Waals surface area contributed by atoms with E-state index in [4.69, 9.17) is 11.6 Å². The van der Waals surface area contributed by atoms with Gasteiger partial charge in [-0.3, -0.25) is 13.9 Å². The predicted octanol–water partition coefficient (Wildman–Crippen LogP) is 3.97. The van der Waals surface area contributed by atoms with E-state index < -0.39 is 34.3 Å². The van der Waals surface area contributed by atoms with Crippen LogP contribution in [-0.2, 0) is 26.2 Å². The summed E-state index contributed by atoms with van der Waals surface area (Å²) in [6.45, 7) is 3.75. The van der Waals surface area contributed by atoms with Crippen molar-refractivity contribution in [2.45, 2.75) is 45.7 Å². The van der Waals surface area contributed by atoms with Crippen LogP contribution in [0.1, 0.15) is 38.7 Å². The molecule has 0 aliphatic rings. The molecule has 186 valence electrons. The molecule has 0 unspecified atom stereocenters. The minimum Gasteiger partial charge on any atom is -0.354 e. The van der Waals surface area contributed by atoms with Crippen molar-refractivity contribution in [3.8, 4) is 0 Å². The molecular weight excluding hydrogens is 481 g/mol. The first-order chi connectivity index (χ1) is 16.1. The Morgan fingerprint density at radius 3 is 2.29 bits per heavy atom. The zero-order valence-electron chi connectivity index (χ0n) is 19.6. The van der Waals surface area contributed by atoms with Crippen molar-refractivity contribution in [3.63, 3.8) is 0 Å². The highest BCUT2D eigenvalue weighted by atomic mass is 35.5. The Balaban J connectivity index is 2.40. The van der Waals surface area contributed by atoms with Gasteiger partial charge in [0.25, 0.3) is 0 Å². The van der Waals surface area contributed by atoms with Crippen molar-refractivity contribution in [2.75, 3.05) is 23.7 Å². The predicted molar refractivity (Wildman–Crippen MR) is 133 cm³/mol. The van der Waals surface area contributed by atoms with Gasteiger partial charge in [0.05, 0.1) is 11.9 Å². The van der Waals surface area contributed by atoms with E-state index >= 15 is 0 Å². The Labute approximate surface area is 205 Å². The average molecular weight is 512 g/mol. The van der Waals surface area contributed by atoms with E-state index in [-0.39, 0.29) is 18.1 Å². The van der Waals surface area contributed by atoms with Crippen molar-refractivity contribution < 1.29 is 22.4 Å². The van der Waals surface area contributed by atoms with E-state index in [1.807, 2.05) is 6.92 Å². The van der Waals surface area contributed by atoms with Gasteiger partial charge in [0.15, 0.2) is 0 Å². The summed E-state index contributed by atoms with van der Waals surface area (Å²) < 4.78 is 39.3. The Hall–Kier alpha value is -2.65. The standard InChI is InChI=1S/C24H31ClFN3O4S/c1-4-6-15-27-24(31)22(5-2)28(16-18-9-7-8-10-21(18)25)23(30)17-29(34(3,32)33)20-13-11-19(26)12-14-20/h7-14,22H,4-6,15-17H2,1-3H3,(H,27,31)/t22-/m0/s1. The molecule has 2 aromatic rings. The molecule has 1 N–H and O–H groups in total. The number of halogens is 2. The number of nitrogens with one attached hydrogen (secondary N) is 1. The van der Waals surface area contributed by atoms with Crippen LogP contribution in [0, 0.1) is 5.82 Å². The summed E-state index contributed by atoms with van der Waals surface area (Å²) in [6.07, 6.45) is 2.99. The Bertz CT molecular complexity index is 1080. The van der Waals surface area contributed by atoms with E-state index in [1.54, 1.807) is 31.2 Å². The number of hydrogen-bond donors (Lipinski definition) is 1. The van der Waals surface area contributed by atoms with Crippen LogP contribution in [0.15, 0.2) is 48.5 Å². The number of rotatable bonds is 12. The van der Waals surface area contributed by atoms with Gasteiger partial charge < -0.3 is 10.2 Å². The van der Waals surface area contributed by atoms with E-state index in [2.05, 4.69) is 5.32 Å². The summed E-state index contributed by atoms with van der Waals surface area (Å²) >= 11 is 6.31. The minimum absolute atomic E-state index is 0.0270. The molecule has 0 saturated carbocycles. The second-order valence-corrected chi connectivity index (χ2v) is 10.2. The summed E-state index contributed by atoms with van der Waals surface area (Å²) in [5.74, 6) is -1.42. The average Bonchev–Trinajstić information content (AvgIpc) is 2.78. The van der Waals surface area contributed by atoms with Crippen LogP contribution in [0.25, 0.3) is 0 Å². The molecule has 2 rings (SSSR count). The molecule has 10 heteroatoms. The number of anilines is 1. The van der Waals surface area contributed by atoms with Crippen LogP contribution in [0.2, 0.25) is 5.02 Å². The molecule has 0 aromatic heterocycles. The number of nitrogens with zero attached hydrogens (tertiary/aromatic N) is 2. The largest absolute Gasteiger partial charge is 0.354 e. The fraction of sp³-hybridized carbons (Fsp3) is 0.417. The van der Waals surface area contributed by atoms with Crippen molar-refractivity contribution in [1.29, 1.82) is 0 Å². The Morgan fingerprint density at radius 2 is 1.74 bits per heavy atom. The van der Waals surface area contributed by atoms with Crippen LogP contribution in [0.4, 0.5) is 10.1 Å². The van der Waals surface area contributed by atoms with Gasteiger partial charge in [-0.25, -0.2) is 12.8 Å². The van der Waals surface area contributed by atoms with E-state index in [0.717, 1.165) is 35.5 Å². The van der Waals surface area contributed by atoms with Crippen LogP contribution in [0.5, 0.6) is 0 Å². The van der Waals surface area contributed by atoms with Gasteiger partial charge in [-0.15, -0.1) is 0 Å². The lowest BCUT2D eigenvalue weighted by atomic mass is 10.1. The molecule has 1 atom stereocenters. The third-order valence-corrected chi connectivity index (χ3v) is 6.82. The smallest absolute Gasteiger partial charge is 0.244 e. The first-order valence-corrected chi connectivity index (χ1v) is 13.3. The van der Waals surface area contributed by atoms with Crippen molar-refractivity contribution in [2.24, 2.45) is 0 Å². The number of unbranched alkanes of at least 4 members (excludes halogenated alkanes) is 1. The third kappa shape index (κ3) is 7.70. The minimum atomic E-state index is -3.87. The molecule has 0 radical (unpaired) electrons. The summed E-state index contributed by atoms with van der Waals surface area (Å²) in [5.41, 5.74) is 0.778. The lowest BCUT2D eigenvalue weighted by Crippen LogP contribution is -2.52. The van der Waals surface area contributed by atoms with Crippen molar-refractivity contribution in [1.82, 2.24) is 10.2 Å². The second kappa shape index (κ2) is 12.7. The number of amides is 2. The van der Waals surface area contributed by atoms with Crippen LogP contribution < -0.4 is 9.62 Å². The lowest BCUT2D eigenvalue weighted by molar-refractivity contribution is -0.140. The molecule has 34 heavy (non-hydrogen) atoms. The number of sulfonamides is 1. The SMILES string of the molecule is CCCCNC(=O)[C@H](CC)N(Cc1ccccc1Cl)C(=O)CN(c1ccc(F)cc1)S(C)(=O)=O. The lowest BCUT2D eigenvalue weighted by Gasteiger charge is -2.33. The molecule has 0 aliphatic carbocycles. The zero-order chi connectivity index (χ0) is 25.3. The fourth-order valence-corrected chi connectivity index (χ4v) is 4.50. The Kier molecular flexibility index (Phi) is 10.3. The maximum absolute atomic E-state index is 13.5. The molecule has 0 saturated heterocycles. The first kappa shape index (κ1) is 27.6. The second-order valence-electron chi connectivity index (χ2n) is 7.93. The molecule has 7 nitrogen and oxygen atoms in total. The topological polar surface area (TPSA) is 86.8 Å². The number of carbonyl (C=O) groups is 2. The van der Waals surface area contributed by atoms with Gasteiger partial charge in [0.2, 0.25) is 21.8 Å². The maximum Gasteiger partial charge on any atom is 0.244 e. The number of benzene rings is 2. The molecule has 2 amide bonds. The molecule has 0 aliphatic heterocycles. The zero-order valence-corrected chi connectivity index (χ0v) is 21.2. The fourth-order valence-electron chi connectivity index (χ4n) is 3.46. The summed E-state index contributed by atoms with van der Waals surface area (Å²) in [4.78, 5) is 27.8. The van der Waals surface area contributed by atoms with Crippen LogP contribution in [0.3, 0.4) is 0 Å². The van der Waals surface area contributed by atoms with E-state index in [9.17, 15) is 22.4 Å². The molecule has 0 bridgehead atoms. The molecule has 0 heterocycles. The monoisotopic (exact) mass is 511 g/mol. The van der Waals surface area contributed by atoms with Gasteiger partial charge in [-0.05, 0) is 48.7 Å². The highest BCUT2D eigenvalue weighted by Crippen LogP contribution is 2.22. The third-order valence-electron chi connectivity index (χ3n) is 5.31.